The van der Waals surface area contributed by atoms with Crippen LogP contribution in [-0.4, -0.2) is 14.6 Å². The summed E-state index contributed by atoms with van der Waals surface area (Å²) in [7, 11) is 0. The SMILES string of the molecule is Nc1snnc1-c1nc(C2CC2)cs1. The minimum atomic E-state index is 0.654. The Morgan fingerprint density at radius 3 is 2.93 bits per heavy atom. The highest BCUT2D eigenvalue weighted by atomic mass is 32.1. The Morgan fingerprint density at radius 2 is 2.29 bits per heavy atom. The second-order valence-electron chi connectivity index (χ2n) is 3.34. The maximum atomic E-state index is 5.73. The quantitative estimate of drug-likeness (QED) is 0.848. The van der Waals surface area contributed by atoms with Crippen LogP contribution in [0.2, 0.25) is 0 Å². The van der Waals surface area contributed by atoms with Crippen LogP contribution < -0.4 is 5.73 Å². The number of nitrogens with two attached hydrogens (primary N) is 1. The third-order valence-electron chi connectivity index (χ3n) is 2.23. The lowest BCUT2D eigenvalue weighted by molar-refractivity contribution is 1.05. The number of nitrogens with zero attached hydrogens (tertiary/aromatic N) is 3. The maximum absolute atomic E-state index is 5.73. The van der Waals surface area contributed by atoms with Crippen LogP contribution in [0.15, 0.2) is 5.38 Å². The van der Waals surface area contributed by atoms with Crippen molar-refractivity contribution in [1.29, 1.82) is 0 Å². The lowest BCUT2D eigenvalue weighted by Gasteiger charge is -1.89. The molecule has 0 amide bonds. The molecule has 0 spiro atoms. The Bertz CT molecular complexity index is 457. The molecule has 1 saturated carbocycles. The Hall–Kier alpha value is -1.01. The fourth-order valence-electron chi connectivity index (χ4n) is 1.31. The van der Waals surface area contributed by atoms with Crippen molar-refractivity contribution in [1.82, 2.24) is 14.6 Å². The predicted octanol–water partition coefficient (Wildman–Crippen LogP) is 2.12. The second kappa shape index (κ2) is 2.99. The molecule has 3 rings (SSSR count). The fourth-order valence-corrected chi connectivity index (χ4v) is 2.70. The van der Waals surface area contributed by atoms with E-state index in [1.165, 1.54) is 30.1 Å². The zero-order valence-electron chi connectivity index (χ0n) is 7.30. The first-order valence-corrected chi connectivity index (χ1v) is 6.03. The lowest BCUT2D eigenvalue weighted by atomic mass is 10.3. The fraction of sp³-hybridized carbons (Fsp3) is 0.375. The molecule has 0 aromatic carbocycles. The number of nitrogen functional groups attached to an aromatic ring is 1. The Morgan fingerprint density at radius 1 is 1.43 bits per heavy atom. The van der Waals surface area contributed by atoms with Crippen LogP contribution in [-0.2, 0) is 0 Å². The van der Waals surface area contributed by atoms with E-state index in [1.54, 1.807) is 11.3 Å². The summed E-state index contributed by atoms with van der Waals surface area (Å²) in [6.45, 7) is 0. The van der Waals surface area contributed by atoms with Crippen LogP contribution in [0, 0.1) is 0 Å². The van der Waals surface area contributed by atoms with Gasteiger partial charge < -0.3 is 5.73 Å². The smallest absolute Gasteiger partial charge is 0.157 e. The van der Waals surface area contributed by atoms with Crippen molar-refractivity contribution < 1.29 is 0 Å². The third kappa shape index (κ3) is 1.31. The summed E-state index contributed by atoms with van der Waals surface area (Å²) in [6, 6.07) is 0. The van der Waals surface area contributed by atoms with Gasteiger partial charge in [-0.1, -0.05) is 4.49 Å². The molecular formula is C8H8N4S2. The van der Waals surface area contributed by atoms with Gasteiger partial charge in [-0.15, -0.1) is 16.4 Å². The monoisotopic (exact) mass is 224 g/mol. The number of hydrogen-bond donors (Lipinski definition) is 1. The van der Waals surface area contributed by atoms with E-state index in [4.69, 9.17) is 5.73 Å². The number of hydrogen-bond acceptors (Lipinski definition) is 6. The van der Waals surface area contributed by atoms with Crippen molar-refractivity contribution in [3.8, 4) is 10.7 Å². The first kappa shape index (κ1) is 8.31. The van der Waals surface area contributed by atoms with E-state index in [0.29, 0.717) is 10.9 Å². The van der Waals surface area contributed by atoms with Gasteiger partial charge in [0.2, 0.25) is 0 Å². The highest BCUT2D eigenvalue weighted by Gasteiger charge is 2.26. The molecule has 0 bridgehead atoms. The van der Waals surface area contributed by atoms with Crippen molar-refractivity contribution in [3.63, 3.8) is 0 Å². The Kier molecular flexibility index (Phi) is 1.78. The van der Waals surface area contributed by atoms with Crippen LogP contribution in [0.4, 0.5) is 5.00 Å². The zero-order chi connectivity index (χ0) is 9.54. The maximum Gasteiger partial charge on any atom is 0.157 e. The average Bonchev–Trinajstić information content (AvgIpc) is 2.75. The van der Waals surface area contributed by atoms with Crippen molar-refractivity contribution >= 4 is 27.9 Å². The minimum absolute atomic E-state index is 0.654. The molecule has 2 aromatic rings. The summed E-state index contributed by atoms with van der Waals surface area (Å²) in [5.74, 6) is 0.688. The molecule has 1 aliphatic carbocycles. The molecule has 0 radical (unpaired) electrons. The van der Waals surface area contributed by atoms with Gasteiger partial charge in [-0.25, -0.2) is 4.98 Å². The molecule has 2 aromatic heterocycles. The molecule has 2 heterocycles. The summed E-state index contributed by atoms with van der Waals surface area (Å²) in [6.07, 6.45) is 2.54. The van der Waals surface area contributed by atoms with E-state index in [1.807, 2.05) is 0 Å². The largest absolute Gasteiger partial charge is 0.387 e. The van der Waals surface area contributed by atoms with E-state index < -0.39 is 0 Å². The predicted molar refractivity (Wildman–Crippen MR) is 57.4 cm³/mol. The molecule has 0 unspecified atom stereocenters. The van der Waals surface area contributed by atoms with Crippen LogP contribution in [0.25, 0.3) is 10.7 Å². The number of rotatable bonds is 2. The molecule has 0 saturated heterocycles. The van der Waals surface area contributed by atoms with Gasteiger partial charge >= 0.3 is 0 Å². The van der Waals surface area contributed by atoms with Gasteiger partial charge in [0, 0.05) is 22.8 Å². The number of thiazole rings is 1. The van der Waals surface area contributed by atoms with Gasteiger partial charge in [-0.05, 0) is 12.8 Å². The first-order chi connectivity index (χ1) is 6.84. The molecule has 4 nitrogen and oxygen atoms in total. The molecule has 14 heavy (non-hydrogen) atoms. The van der Waals surface area contributed by atoms with Crippen LogP contribution in [0.5, 0.6) is 0 Å². The Labute approximate surface area is 89.0 Å². The van der Waals surface area contributed by atoms with E-state index in [0.717, 1.165) is 10.7 Å². The van der Waals surface area contributed by atoms with E-state index in [9.17, 15) is 0 Å². The van der Waals surface area contributed by atoms with Gasteiger partial charge in [0.25, 0.3) is 0 Å². The van der Waals surface area contributed by atoms with Crippen molar-refractivity contribution in [2.75, 3.05) is 5.73 Å². The van der Waals surface area contributed by atoms with E-state index >= 15 is 0 Å². The van der Waals surface area contributed by atoms with Crippen molar-refractivity contribution in [2.45, 2.75) is 18.8 Å². The highest BCUT2D eigenvalue weighted by molar-refractivity contribution is 7.14. The normalized spacial score (nSPS) is 16.0. The number of anilines is 1. The minimum Gasteiger partial charge on any atom is -0.387 e. The standard InChI is InChI=1S/C8H8N4S2/c9-7-6(11-12-14-7)8-10-5(3-13-8)4-1-2-4/h3-4H,1-2,9H2. The third-order valence-corrected chi connectivity index (χ3v) is 3.65. The molecular weight excluding hydrogens is 216 g/mol. The van der Waals surface area contributed by atoms with Gasteiger partial charge in [0.05, 0.1) is 5.69 Å². The molecule has 0 aliphatic heterocycles. The van der Waals surface area contributed by atoms with Gasteiger partial charge in [-0.3, -0.25) is 0 Å². The van der Waals surface area contributed by atoms with Crippen LogP contribution in [0.3, 0.4) is 0 Å². The van der Waals surface area contributed by atoms with Gasteiger partial charge in [-0.2, -0.15) is 0 Å². The summed E-state index contributed by atoms with van der Waals surface area (Å²) < 4.78 is 3.80. The van der Waals surface area contributed by atoms with Gasteiger partial charge in [0.1, 0.15) is 10.0 Å². The average molecular weight is 224 g/mol. The van der Waals surface area contributed by atoms with Crippen LogP contribution >= 0.6 is 22.9 Å². The van der Waals surface area contributed by atoms with E-state index in [2.05, 4.69) is 20.0 Å². The van der Waals surface area contributed by atoms with Crippen LogP contribution in [0.1, 0.15) is 24.5 Å². The lowest BCUT2D eigenvalue weighted by Crippen LogP contribution is -1.86. The summed E-state index contributed by atoms with van der Waals surface area (Å²) >= 11 is 2.82. The highest BCUT2D eigenvalue weighted by Crippen LogP contribution is 2.41. The summed E-state index contributed by atoms with van der Waals surface area (Å²) in [5, 5.41) is 7.63. The second-order valence-corrected chi connectivity index (χ2v) is 4.98. The summed E-state index contributed by atoms with van der Waals surface area (Å²) in [5.41, 5.74) is 7.67. The molecule has 2 N–H and O–H groups in total. The van der Waals surface area contributed by atoms with Crippen molar-refractivity contribution in [2.24, 2.45) is 0 Å². The van der Waals surface area contributed by atoms with E-state index in [-0.39, 0.29) is 0 Å². The number of aromatic nitrogens is 3. The molecule has 6 heteroatoms. The first-order valence-electron chi connectivity index (χ1n) is 4.38. The Balaban J connectivity index is 1.99. The molecule has 1 aliphatic rings. The molecule has 0 atom stereocenters. The van der Waals surface area contributed by atoms with Gasteiger partial charge in [0.15, 0.2) is 5.69 Å². The van der Waals surface area contributed by atoms with Crippen molar-refractivity contribution in [3.05, 3.63) is 11.1 Å². The topological polar surface area (TPSA) is 64.7 Å². The zero-order valence-corrected chi connectivity index (χ0v) is 8.94. The molecule has 1 fully saturated rings. The molecule has 72 valence electrons. The summed E-state index contributed by atoms with van der Waals surface area (Å²) in [4.78, 5) is 4.52.